The summed E-state index contributed by atoms with van der Waals surface area (Å²) in [6, 6.07) is 0. The van der Waals surface area contributed by atoms with Crippen LogP contribution in [0, 0.1) is 13.3 Å². The van der Waals surface area contributed by atoms with Crippen molar-refractivity contribution < 1.29 is 0 Å². The van der Waals surface area contributed by atoms with Crippen molar-refractivity contribution in [1.82, 2.24) is 0 Å². The zero-order valence-corrected chi connectivity index (χ0v) is 10.1. The average molecular weight is 196 g/mol. The molecular weight excluding hydrogens is 168 g/mol. The normalized spacial score (nSPS) is 10.7. The minimum absolute atomic E-state index is 1.12. The van der Waals surface area contributed by atoms with Crippen LogP contribution >= 0.6 is 0 Å². The number of hydrogen-bond acceptors (Lipinski definition) is 0. The highest BCUT2D eigenvalue weighted by atomic mass is 14.0. The molecule has 0 atom stereocenters. The van der Waals surface area contributed by atoms with Crippen molar-refractivity contribution >= 4 is 0 Å². The molecule has 0 aliphatic carbocycles. The second-order valence-electron chi connectivity index (χ2n) is 4.19. The van der Waals surface area contributed by atoms with Gasteiger partial charge in [0.15, 0.2) is 0 Å². The van der Waals surface area contributed by atoms with Gasteiger partial charge in [0, 0.05) is 0 Å². The van der Waals surface area contributed by atoms with Gasteiger partial charge in [-0.1, -0.05) is 84.5 Å². The van der Waals surface area contributed by atoms with E-state index in [1.807, 2.05) is 0 Å². The Bertz CT molecular complexity index is 74.0. The maximum absolute atomic E-state index is 3.86. The third-order valence-electron chi connectivity index (χ3n) is 2.65. The molecule has 0 aromatic rings. The molecule has 0 spiro atoms. The lowest BCUT2D eigenvalue weighted by Gasteiger charge is -2.01. The van der Waals surface area contributed by atoms with E-state index >= 15 is 0 Å². The summed E-state index contributed by atoms with van der Waals surface area (Å²) in [5, 5.41) is 0. The molecule has 0 aliphatic rings. The van der Waals surface area contributed by atoms with Gasteiger partial charge in [0.25, 0.3) is 0 Å². The summed E-state index contributed by atoms with van der Waals surface area (Å²) in [5.74, 6) is 0. The molecule has 0 heteroatoms. The van der Waals surface area contributed by atoms with Crippen molar-refractivity contribution in [2.75, 3.05) is 0 Å². The summed E-state index contributed by atoms with van der Waals surface area (Å²) in [6.45, 7) is 6.11. The summed E-state index contributed by atoms with van der Waals surface area (Å²) in [7, 11) is 0. The van der Waals surface area contributed by atoms with Crippen molar-refractivity contribution in [3.63, 3.8) is 0 Å². The predicted molar refractivity (Wildman–Crippen MR) is 66.1 cm³/mol. The molecule has 0 rings (SSSR count). The summed E-state index contributed by atoms with van der Waals surface area (Å²) in [4.78, 5) is 0. The molecule has 0 nitrogen and oxygen atoms in total. The van der Waals surface area contributed by atoms with Gasteiger partial charge in [0.05, 0.1) is 0 Å². The van der Waals surface area contributed by atoms with E-state index in [-0.39, 0.29) is 0 Å². The lowest BCUT2D eigenvalue weighted by atomic mass is 10.1. The molecule has 2 radical (unpaired) electrons. The summed E-state index contributed by atoms with van der Waals surface area (Å²) < 4.78 is 0. The quantitative estimate of drug-likeness (QED) is 0.391. The second kappa shape index (κ2) is 13.0. The van der Waals surface area contributed by atoms with E-state index < -0.39 is 0 Å². The molecule has 0 fully saturated rings. The lowest BCUT2D eigenvalue weighted by molar-refractivity contribution is 0.576. The Kier molecular flexibility index (Phi) is 13.0. The minimum Gasteiger partial charge on any atom is -0.0654 e. The van der Waals surface area contributed by atoms with Crippen molar-refractivity contribution in [2.45, 2.75) is 77.6 Å². The van der Waals surface area contributed by atoms with Crippen molar-refractivity contribution in [2.24, 2.45) is 0 Å². The highest BCUT2D eigenvalue weighted by molar-refractivity contribution is 4.62. The van der Waals surface area contributed by atoms with Crippen LogP contribution in [0.25, 0.3) is 0 Å². The van der Waals surface area contributed by atoms with Crippen LogP contribution in [0.15, 0.2) is 0 Å². The van der Waals surface area contributed by atoms with Crippen LogP contribution in [0.5, 0.6) is 0 Å². The van der Waals surface area contributed by atoms with Gasteiger partial charge in [-0.05, 0) is 6.42 Å². The maximum atomic E-state index is 3.86. The molecule has 0 N–H and O–H groups in total. The molecule has 84 valence electrons. The first-order chi connectivity index (χ1) is 6.91. The number of unbranched alkanes of at least 4 members (excludes halogenated alkanes) is 11. The van der Waals surface area contributed by atoms with Gasteiger partial charge < -0.3 is 0 Å². The minimum atomic E-state index is 1.12. The molecular formula is C14H28. The zero-order valence-electron chi connectivity index (χ0n) is 10.1. The van der Waals surface area contributed by atoms with Crippen molar-refractivity contribution in [3.05, 3.63) is 13.3 Å². The first kappa shape index (κ1) is 14.0. The topological polar surface area (TPSA) is 0 Å². The van der Waals surface area contributed by atoms with E-state index in [4.69, 9.17) is 0 Å². The van der Waals surface area contributed by atoms with Crippen LogP contribution in [0.2, 0.25) is 0 Å². The van der Waals surface area contributed by atoms with Crippen molar-refractivity contribution in [3.8, 4) is 0 Å². The van der Waals surface area contributed by atoms with Gasteiger partial charge in [-0.3, -0.25) is 0 Å². The maximum Gasteiger partial charge on any atom is -0.0386 e. The van der Waals surface area contributed by atoms with Gasteiger partial charge in [0.2, 0.25) is 0 Å². The van der Waals surface area contributed by atoms with Crippen LogP contribution in [-0.2, 0) is 0 Å². The van der Waals surface area contributed by atoms with Gasteiger partial charge in [-0.15, -0.1) is 0 Å². The Labute approximate surface area is 91.5 Å². The van der Waals surface area contributed by atoms with E-state index in [9.17, 15) is 0 Å². The molecule has 0 aromatic carbocycles. The third-order valence-corrected chi connectivity index (χ3v) is 2.65. The Hall–Kier alpha value is 0. The van der Waals surface area contributed by atoms with E-state index in [1.54, 1.807) is 0 Å². The molecule has 0 amide bonds. The average Bonchev–Trinajstić information content (AvgIpc) is 2.21. The molecule has 14 heavy (non-hydrogen) atoms. The summed E-state index contributed by atoms with van der Waals surface area (Å²) >= 11 is 0. The molecule has 0 saturated carbocycles. The van der Waals surface area contributed by atoms with E-state index in [2.05, 4.69) is 20.3 Å². The Morgan fingerprint density at radius 2 is 1.36 bits per heavy atom. The molecule has 0 saturated heterocycles. The van der Waals surface area contributed by atoms with Crippen LogP contribution in [-0.4, -0.2) is 0 Å². The standard InChI is InChI=1S/C14H28/c1-3-5-7-9-11-13-14-12-10-8-6-4-2/h8H,1,3-7,9-14H2,2H3. The molecule has 0 heterocycles. The second-order valence-corrected chi connectivity index (χ2v) is 4.19. The van der Waals surface area contributed by atoms with Gasteiger partial charge >= 0.3 is 0 Å². The fourth-order valence-corrected chi connectivity index (χ4v) is 1.70. The van der Waals surface area contributed by atoms with E-state index in [1.165, 1.54) is 64.2 Å². The molecule has 0 aromatic heterocycles. The van der Waals surface area contributed by atoms with Gasteiger partial charge in [-0.2, -0.15) is 0 Å². The largest absolute Gasteiger partial charge is 0.0654 e. The van der Waals surface area contributed by atoms with Crippen molar-refractivity contribution in [1.29, 1.82) is 0 Å². The summed E-state index contributed by atoms with van der Waals surface area (Å²) in [6.07, 6.45) is 17.4. The Balaban J connectivity index is 2.78. The van der Waals surface area contributed by atoms with Gasteiger partial charge in [0.1, 0.15) is 0 Å². The van der Waals surface area contributed by atoms with Gasteiger partial charge in [-0.25, -0.2) is 0 Å². The fraction of sp³-hybridized carbons (Fsp3) is 0.857. The SMILES string of the molecule is [CH2]CCCCCCCCC[CH]CCC. The molecule has 0 unspecified atom stereocenters. The lowest BCUT2D eigenvalue weighted by Crippen LogP contribution is -1.82. The van der Waals surface area contributed by atoms with Crippen LogP contribution in [0.4, 0.5) is 0 Å². The Morgan fingerprint density at radius 1 is 0.786 bits per heavy atom. The number of hydrogen-bond donors (Lipinski definition) is 0. The molecule has 0 aliphatic heterocycles. The van der Waals surface area contributed by atoms with E-state index in [0.717, 1.165) is 6.42 Å². The summed E-state index contributed by atoms with van der Waals surface area (Å²) in [5.41, 5.74) is 0. The third kappa shape index (κ3) is 12.0. The highest BCUT2D eigenvalue weighted by Crippen LogP contribution is 2.10. The highest BCUT2D eigenvalue weighted by Gasteiger charge is 1.91. The predicted octanol–water partition coefficient (Wildman–Crippen LogP) is 5.34. The van der Waals surface area contributed by atoms with Crippen LogP contribution in [0.3, 0.4) is 0 Å². The Morgan fingerprint density at radius 3 is 1.93 bits per heavy atom. The first-order valence-electron chi connectivity index (χ1n) is 6.52. The molecule has 0 bridgehead atoms. The monoisotopic (exact) mass is 196 g/mol. The van der Waals surface area contributed by atoms with E-state index in [0.29, 0.717) is 0 Å². The van der Waals surface area contributed by atoms with Crippen LogP contribution in [0.1, 0.15) is 77.6 Å². The fourth-order valence-electron chi connectivity index (χ4n) is 1.70. The first-order valence-corrected chi connectivity index (χ1v) is 6.52. The van der Waals surface area contributed by atoms with Crippen LogP contribution < -0.4 is 0 Å². The zero-order chi connectivity index (χ0) is 10.5. The smallest absolute Gasteiger partial charge is 0.0386 e. The number of rotatable bonds is 11.